The summed E-state index contributed by atoms with van der Waals surface area (Å²) in [5.41, 5.74) is 4.07. The Labute approximate surface area is 288 Å². The van der Waals surface area contributed by atoms with Crippen molar-refractivity contribution in [3.63, 3.8) is 0 Å². The Balaban J connectivity index is 1.03. The summed E-state index contributed by atoms with van der Waals surface area (Å²) in [6.45, 7) is 3.72. The fraction of sp³-hybridized carbons (Fsp3) is 0.270. The minimum absolute atomic E-state index is 0.148. The van der Waals surface area contributed by atoms with E-state index >= 15 is 0 Å². The number of nitrogens with one attached hydrogen (secondary N) is 1. The van der Waals surface area contributed by atoms with Crippen LogP contribution in [-0.4, -0.2) is 71.8 Å². The Morgan fingerprint density at radius 2 is 1.67 bits per heavy atom. The van der Waals surface area contributed by atoms with Gasteiger partial charge in [-0.3, -0.25) is 14.5 Å². The summed E-state index contributed by atoms with van der Waals surface area (Å²) in [7, 11) is 0. The molecule has 4 aromatic rings. The van der Waals surface area contributed by atoms with Crippen LogP contribution in [0.2, 0.25) is 0 Å². The SMILES string of the molecule is O=C(Nc1ccc(C2SC(=Nc3ccc(N4CCOCC4)cc3)N(c3ccccn3)C2=O)cc1)[C@H]1CCCN1C(=O)OCc1ccccc1. The number of amides is 3. The van der Waals surface area contributed by atoms with Crippen molar-refractivity contribution < 1.29 is 23.9 Å². The van der Waals surface area contributed by atoms with Crippen LogP contribution >= 0.6 is 11.8 Å². The first kappa shape index (κ1) is 32.4. The van der Waals surface area contributed by atoms with E-state index in [1.807, 2.05) is 72.8 Å². The van der Waals surface area contributed by atoms with Crippen LogP contribution in [0.1, 0.15) is 29.2 Å². The van der Waals surface area contributed by atoms with Crippen LogP contribution in [0.3, 0.4) is 0 Å². The molecule has 3 aliphatic rings. The van der Waals surface area contributed by atoms with Gasteiger partial charge in [0.2, 0.25) is 5.91 Å². The third kappa shape index (κ3) is 7.45. The number of hydrogen-bond acceptors (Lipinski definition) is 9. The number of hydrogen-bond donors (Lipinski definition) is 1. The Morgan fingerprint density at radius 1 is 0.918 bits per heavy atom. The maximum atomic E-state index is 13.9. The lowest BCUT2D eigenvalue weighted by molar-refractivity contribution is -0.120. The third-order valence-electron chi connectivity index (χ3n) is 8.66. The number of aromatic nitrogens is 1. The van der Waals surface area contributed by atoms with Crippen LogP contribution in [0, 0.1) is 0 Å². The molecule has 250 valence electrons. The number of aliphatic imine (C=N–C) groups is 1. The zero-order valence-electron chi connectivity index (χ0n) is 26.8. The van der Waals surface area contributed by atoms with Crippen molar-refractivity contribution in [2.75, 3.05) is 48.0 Å². The smallest absolute Gasteiger partial charge is 0.410 e. The molecule has 1 aromatic heterocycles. The molecule has 12 heteroatoms. The molecule has 0 bridgehead atoms. The van der Waals surface area contributed by atoms with Crippen LogP contribution in [0.15, 0.2) is 108 Å². The molecular weight excluding hydrogens is 641 g/mol. The van der Waals surface area contributed by atoms with Crippen LogP contribution in [-0.2, 0) is 25.7 Å². The lowest BCUT2D eigenvalue weighted by Gasteiger charge is -2.28. The first-order valence-corrected chi connectivity index (χ1v) is 17.2. The van der Waals surface area contributed by atoms with E-state index in [1.165, 1.54) is 16.7 Å². The molecule has 1 unspecified atom stereocenters. The number of pyridine rings is 1. The van der Waals surface area contributed by atoms with E-state index in [4.69, 9.17) is 14.5 Å². The van der Waals surface area contributed by atoms with Gasteiger partial charge >= 0.3 is 6.09 Å². The lowest BCUT2D eigenvalue weighted by Crippen LogP contribution is -2.43. The van der Waals surface area contributed by atoms with Crippen LogP contribution in [0.25, 0.3) is 0 Å². The second-order valence-corrected chi connectivity index (χ2v) is 12.9. The first-order valence-electron chi connectivity index (χ1n) is 16.3. The molecule has 0 radical (unpaired) electrons. The van der Waals surface area contributed by atoms with E-state index < -0.39 is 17.4 Å². The number of likely N-dealkylation sites (tertiary alicyclic amines) is 1. The number of nitrogens with zero attached hydrogens (tertiary/aromatic N) is 5. The van der Waals surface area contributed by atoms with Crippen molar-refractivity contribution in [1.29, 1.82) is 0 Å². The molecule has 11 nitrogen and oxygen atoms in total. The molecule has 3 fully saturated rings. The van der Waals surface area contributed by atoms with Gasteiger partial charge in [0.1, 0.15) is 23.7 Å². The summed E-state index contributed by atoms with van der Waals surface area (Å²) in [5.74, 6) is 0.0712. The van der Waals surface area contributed by atoms with Crippen LogP contribution < -0.4 is 15.1 Å². The van der Waals surface area contributed by atoms with Crippen molar-refractivity contribution >= 4 is 57.7 Å². The topological polar surface area (TPSA) is 117 Å². The molecule has 3 aromatic carbocycles. The van der Waals surface area contributed by atoms with Gasteiger partial charge in [0.15, 0.2) is 5.17 Å². The van der Waals surface area contributed by atoms with Gasteiger partial charge in [-0.05, 0) is 72.5 Å². The molecular formula is C37H36N6O5S. The summed E-state index contributed by atoms with van der Waals surface area (Å²) >= 11 is 1.36. The molecule has 4 heterocycles. The predicted octanol–water partition coefficient (Wildman–Crippen LogP) is 6.17. The summed E-state index contributed by atoms with van der Waals surface area (Å²) in [6.07, 6.45) is 2.42. The van der Waals surface area contributed by atoms with Gasteiger partial charge in [-0.15, -0.1) is 0 Å². The molecule has 0 aliphatic carbocycles. The van der Waals surface area contributed by atoms with Crippen molar-refractivity contribution in [2.45, 2.75) is 30.7 Å². The molecule has 3 aliphatic heterocycles. The minimum Gasteiger partial charge on any atom is -0.445 e. The highest BCUT2D eigenvalue weighted by Gasteiger charge is 2.41. The fourth-order valence-corrected chi connectivity index (χ4v) is 7.26. The summed E-state index contributed by atoms with van der Waals surface area (Å²) in [6, 6.07) is 29.5. The molecule has 7 rings (SSSR count). The number of morpholine rings is 1. The average Bonchev–Trinajstić information content (AvgIpc) is 3.77. The third-order valence-corrected chi connectivity index (χ3v) is 9.86. The highest BCUT2D eigenvalue weighted by molar-refractivity contribution is 8.15. The van der Waals surface area contributed by atoms with Gasteiger partial charge in [-0.1, -0.05) is 60.3 Å². The molecule has 3 amide bonds. The van der Waals surface area contributed by atoms with Crippen molar-refractivity contribution in [3.8, 4) is 0 Å². The van der Waals surface area contributed by atoms with Gasteiger partial charge in [0, 0.05) is 37.2 Å². The number of carbonyl (C=O) groups excluding carboxylic acids is 3. The zero-order chi connectivity index (χ0) is 33.6. The zero-order valence-corrected chi connectivity index (χ0v) is 27.6. The number of ether oxygens (including phenoxy) is 2. The quantitative estimate of drug-likeness (QED) is 0.236. The highest BCUT2D eigenvalue weighted by Crippen LogP contribution is 2.42. The molecule has 1 N–H and O–H groups in total. The number of thioether (sulfide) groups is 1. The Kier molecular flexibility index (Phi) is 9.85. The number of rotatable bonds is 8. The van der Waals surface area contributed by atoms with E-state index in [1.54, 1.807) is 35.4 Å². The fourth-order valence-electron chi connectivity index (χ4n) is 6.10. The van der Waals surface area contributed by atoms with Crippen LogP contribution in [0.5, 0.6) is 0 Å². The monoisotopic (exact) mass is 676 g/mol. The maximum absolute atomic E-state index is 13.9. The molecule has 2 atom stereocenters. The van der Waals surface area contributed by atoms with E-state index in [0.29, 0.717) is 49.3 Å². The largest absolute Gasteiger partial charge is 0.445 e. The van der Waals surface area contributed by atoms with Gasteiger partial charge < -0.3 is 19.7 Å². The number of amidine groups is 1. The first-order chi connectivity index (χ1) is 24.0. The van der Waals surface area contributed by atoms with Crippen molar-refractivity contribution in [3.05, 3.63) is 114 Å². The van der Waals surface area contributed by atoms with Gasteiger partial charge in [-0.25, -0.2) is 19.7 Å². The summed E-state index contributed by atoms with van der Waals surface area (Å²) < 4.78 is 11.0. The van der Waals surface area contributed by atoms with E-state index in [9.17, 15) is 14.4 Å². The second-order valence-electron chi connectivity index (χ2n) is 11.9. The number of carbonyl (C=O) groups is 3. The standard InChI is InChI=1S/C37H36N6O5S/c44-34(31-9-6-20-42(31)37(46)48-25-26-7-2-1-3-8-26)39-28-13-11-27(12-14-28)33-35(45)43(32-10-4-5-19-38-32)36(49-33)40-29-15-17-30(18-16-29)41-21-23-47-24-22-41/h1-5,7-8,10-19,31,33H,6,9,20-25H2,(H,39,44)/t31-,33?/m1/s1. The Morgan fingerprint density at radius 3 is 2.41 bits per heavy atom. The van der Waals surface area contributed by atoms with Crippen LogP contribution in [0.4, 0.5) is 27.7 Å². The molecule has 3 saturated heterocycles. The minimum atomic E-state index is -0.622. The Bertz CT molecular complexity index is 1800. The summed E-state index contributed by atoms with van der Waals surface area (Å²) in [4.78, 5) is 54.6. The number of anilines is 3. The molecule has 0 spiro atoms. The predicted molar refractivity (Wildman–Crippen MR) is 190 cm³/mol. The Hall–Kier alpha value is -5.20. The number of benzene rings is 3. The maximum Gasteiger partial charge on any atom is 0.410 e. The van der Waals surface area contributed by atoms with E-state index in [0.717, 1.165) is 35.6 Å². The van der Waals surface area contributed by atoms with E-state index in [2.05, 4.69) is 15.2 Å². The summed E-state index contributed by atoms with van der Waals surface area (Å²) in [5, 5.41) is 2.92. The van der Waals surface area contributed by atoms with Crippen molar-refractivity contribution in [1.82, 2.24) is 9.88 Å². The lowest BCUT2D eigenvalue weighted by atomic mass is 10.1. The van der Waals surface area contributed by atoms with Crippen molar-refractivity contribution in [2.24, 2.45) is 4.99 Å². The normalized spacial score (nSPS) is 20.1. The second kappa shape index (κ2) is 14.9. The van der Waals surface area contributed by atoms with E-state index in [-0.39, 0.29) is 18.4 Å². The van der Waals surface area contributed by atoms with Gasteiger partial charge in [-0.2, -0.15) is 0 Å². The molecule has 0 saturated carbocycles. The van der Waals surface area contributed by atoms with Gasteiger partial charge in [0.05, 0.1) is 18.9 Å². The van der Waals surface area contributed by atoms with Gasteiger partial charge in [0.25, 0.3) is 5.91 Å². The molecule has 49 heavy (non-hydrogen) atoms. The highest BCUT2D eigenvalue weighted by atomic mass is 32.2. The average molecular weight is 677 g/mol.